The second kappa shape index (κ2) is 6.61. The number of nitrogens with one attached hydrogen (secondary N) is 2. The molecule has 1 unspecified atom stereocenters. The maximum atomic E-state index is 5.63. The molecular weight excluding hydrogens is 304 g/mol. The van der Waals surface area contributed by atoms with Gasteiger partial charge in [-0.15, -0.1) is 0 Å². The minimum atomic E-state index is 0.318. The summed E-state index contributed by atoms with van der Waals surface area (Å²) in [5.74, 6) is 2.62. The quantitative estimate of drug-likeness (QED) is 0.885. The van der Waals surface area contributed by atoms with E-state index in [1.807, 2.05) is 12.1 Å². The topological polar surface area (TPSA) is 51.8 Å². The highest BCUT2D eigenvalue weighted by atomic mass is 16.7. The first-order chi connectivity index (χ1) is 11.8. The van der Waals surface area contributed by atoms with E-state index < -0.39 is 0 Å². The van der Waals surface area contributed by atoms with Gasteiger partial charge in [0.25, 0.3) is 0 Å². The van der Waals surface area contributed by atoms with Crippen molar-refractivity contribution in [2.75, 3.05) is 25.3 Å². The largest absolute Gasteiger partial charge is 0.490 e. The van der Waals surface area contributed by atoms with Gasteiger partial charge in [-0.3, -0.25) is 0 Å². The van der Waals surface area contributed by atoms with Crippen LogP contribution in [0.4, 0.5) is 5.69 Å². The molecule has 2 heterocycles. The Labute approximate surface area is 141 Å². The van der Waals surface area contributed by atoms with Gasteiger partial charge in [0.15, 0.2) is 11.5 Å². The van der Waals surface area contributed by atoms with E-state index in [0.29, 0.717) is 12.8 Å². The van der Waals surface area contributed by atoms with Gasteiger partial charge in [0.05, 0.1) is 5.69 Å². The van der Waals surface area contributed by atoms with E-state index in [0.717, 1.165) is 49.1 Å². The fraction of sp³-hybridized carbons (Fsp3) is 0.368. The molecule has 0 aliphatic carbocycles. The van der Waals surface area contributed by atoms with Crippen molar-refractivity contribution in [3.05, 3.63) is 47.5 Å². The Morgan fingerprint density at radius 3 is 2.79 bits per heavy atom. The predicted octanol–water partition coefficient (Wildman–Crippen LogP) is 2.94. The zero-order chi connectivity index (χ0) is 16.4. The number of anilines is 1. The summed E-state index contributed by atoms with van der Waals surface area (Å²) in [4.78, 5) is 0. The molecule has 0 saturated heterocycles. The highest BCUT2D eigenvalue weighted by Gasteiger charge is 2.14. The molecule has 2 N–H and O–H groups in total. The van der Waals surface area contributed by atoms with Crippen LogP contribution in [0.25, 0.3) is 0 Å². The fourth-order valence-electron chi connectivity index (χ4n) is 3.08. The van der Waals surface area contributed by atoms with Crippen LogP contribution in [0.5, 0.6) is 17.2 Å². The first-order valence-electron chi connectivity index (χ1n) is 8.39. The average molecular weight is 326 g/mol. The SMILES string of the molecule is CC(Cc1ccc2c(c1)NCCO2)NCc1ccc2c(c1)OCO2. The number of rotatable bonds is 5. The molecule has 0 aromatic heterocycles. The molecule has 2 aromatic carbocycles. The van der Waals surface area contributed by atoms with E-state index >= 15 is 0 Å². The molecule has 0 bridgehead atoms. The van der Waals surface area contributed by atoms with E-state index in [1.54, 1.807) is 0 Å². The molecule has 0 amide bonds. The van der Waals surface area contributed by atoms with Crippen LogP contribution in [0.15, 0.2) is 36.4 Å². The lowest BCUT2D eigenvalue weighted by atomic mass is 10.0. The van der Waals surface area contributed by atoms with E-state index in [9.17, 15) is 0 Å². The lowest BCUT2D eigenvalue weighted by Gasteiger charge is -2.21. The van der Waals surface area contributed by atoms with E-state index in [1.165, 1.54) is 11.1 Å². The van der Waals surface area contributed by atoms with Gasteiger partial charge >= 0.3 is 0 Å². The van der Waals surface area contributed by atoms with E-state index in [4.69, 9.17) is 14.2 Å². The Kier molecular flexibility index (Phi) is 4.17. The van der Waals surface area contributed by atoms with Crippen LogP contribution in [-0.4, -0.2) is 26.0 Å². The summed E-state index contributed by atoms with van der Waals surface area (Å²) in [6, 6.07) is 12.9. The van der Waals surface area contributed by atoms with Crippen molar-refractivity contribution in [3.8, 4) is 17.2 Å². The van der Waals surface area contributed by atoms with Gasteiger partial charge in [-0.1, -0.05) is 12.1 Å². The zero-order valence-electron chi connectivity index (χ0n) is 13.8. The molecule has 2 aromatic rings. The van der Waals surface area contributed by atoms with Crippen LogP contribution in [0.2, 0.25) is 0 Å². The first kappa shape index (κ1) is 15.1. The molecule has 0 saturated carbocycles. The van der Waals surface area contributed by atoms with Crippen LogP contribution < -0.4 is 24.8 Å². The Bertz CT molecular complexity index is 733. The highest BCUT2D eigenvalue weighted by molar-refractivity contribution is 5.59. The summed E-state index contributed by atoms with van der Waals surface area (Å²) in [6.07, 6.45) is 0.972. The summed E-state index contributed by atoms with van der Waals surface area (Å²) in [7, 11) is 0. The molecule has 24 heavy (non-hydrogen) atoms. The standard InChI is InChI=1S/C19H22N2O3/c1-13(8-14-2-4-17-16(9-14)20-6-7-22-17)21-11-15-3-5-18-19(10-15)24-12-23-18/h2-5,9-10,13,20-21H,6-8,11-12H2,1H3. The van der Waals surface area contributed by atoms with Gasteiger partial charge in [0.1, 0.15) is 12.4 Å². The van der Waals surface area contributed by atoms with E-state index in [2.05, 4.69) is 41.8 Å². The summed E-state index contributed by atoms with van der Waals surface area (Å²) in [5.41, 5.74) is 3.60. The molecule has 0 radical (unpaired) electrons. The minimum Gasteiger partial charge on any atom is -0.490 e. The Balaban J connectivity index is 1.34. The van der Waals surface area contributed by atoms with Crippen LogP contribution in [-0.2, 0) is 13.0 Å². The summed E-state index contributed by atoms with van der Waals surface area (Å²) in [5, 5.41) is 6.96. The number of fused-ring (bicyclic) bond motifs is 2. The highest BCUT2D eigenvalue weighted by Crippen LogP contribution is 2.32. The van der Waals surface area contributed by atoms with Gasteiger partial charge in [0.2, 0.25) is 6.79 Å². The van der Waals surface area contributed by atoms with Crippen LogP contribution in [0.3, 0.4) is 0 Å². The van der Waals surface area contributed by atoms with Gasteiger partial charge in [0, 0.05) is 19.1 Å². The van der Waals surface area contributed by atoms with Crippen molar-refractivity contribution in [3.63, 3.8) is 0 Å². The molecule has 1 atom stereocenters. The third-order valence-electron chi connectivity index (χ3n) is 4.35. The van der Waals surface area contributed by atoms with Crippen molar-refractivity contribution < 1.29 is 14.2 Å². The number of hydrogen-bond donors (Lipinski definition) is 2. The molecule has 5 nitrogen and oxygen atoms in total. The zero-order valence-corrected chi connectivity index (χ0v) is 13.8. The third-order valence-corrected chi connectivity index (χ3v) is 4.35. The first-order valence-corrected chi connectivity index (χ1v) is 8.39. The lowest BCUT2D eigenvalue weighted by molar-refractivity contribution is 0.174. The van der Waals surface area contributed by atoms with Gasteiger partial charge in [-0.05, 0) is 48.7 Å². The molecule has 0 spiro atoms. The monoisotopic (exact) mass is 326 g/mol. The minimum absolute atomic E-state index is 0.318. The van der Waals surface area contributed by atoms with Gasteiger partial charge in [-0.25, -0.2) is 0 Å². The van der Waals surface area contributed by atoms with Gasteiger partial charge < -0.3 is 24.8 Å². The second-order valence-electron chi connectivity index (χ2n) is 6.28. The van der Waals surface area contributed by atoms with Crippen molar-refractivity contribution >= 4 is 5.69 Å². The Hall–Kier alpha value is -2.40. The van der Waals surface area contributed by atoms with Crippen molar-refractivity contribution in [1.82, 2.24) is 5.32 Å². The van der Waals surface area contributed by atoms with Crippen molar-refractivity contribution in [1.29, 1.82) is 0 Å². The molecule has 4 rings (SSSR count). The van der Waals surface area contributed by atoms with Crippen LogP contribution in [0.1, 0.15) is 18.1 Å². The summed E-state index contributed by atoms with van der Waals surface area (Å²) in [6.45, 7) is 4.94. The second-order valence-corrected chi connectivity index (χ2v) is 6.28. The number of benzene rings is 2. The Morgan fingerprint density at radius 1 is 1.00 bits per heavy atom. The van der Waals surface area contributed by atoms with Crippen LogP contribution >= 0.6 is 0 Å². The van der Waals surface area contributed by atoms with Gasteiger partial charge in [-0.2, -0.15) is 0 Å². The molecular formula is C19H22N2O3. The van der Waals surface area contributed by atoms with Crippen molar-refractivity contribution in [2.24, 2.45) is 0 Å². The number of ether oxygens (including phenoxy) is 3. The third kappa shape index (κ3) is 3.26. The van der Waals surface area contributed by atoms with E-state index in [-0.39, 0.29) is 0 Å². The number of hydrogen-bond acceptors (Lipinski definition) is 5. The molecule has 2 aliphatic heterocycles. The molecule has 126 valence electrons. The normalized spacial score (nSPS) is 16.0. The summed E-state index contributed by atoms with van der Waals surface area (Å²) < 4.78 is 16.4. The maximum absolute atomic E-state index is 5.63. The smallest absolute Gasteiger partial charge is 0.231 e. The fourth-order valence-corrected chi connectivity index (χ4v) is 3.08. The predicted molar refractivity (Wildman–Crippen MR) is 93.0 cm³/mol. The van der Waals surface area contributed by atoms with Crippen LogP contribution in [0, 0.1) is 0 Å². The van der Waals surface area contributed by atoms with Crippen molar-refractivity contribution in [2.45, 2.75) is 25.9 Å². The maximum Gasteiger partial charge on any atom is 0.231 e. The summed E-state index contributed by atoms with van der Waals surface area (Å²) >= 11 is 0. The molecule has 2 aliphatic rings. The molecule has 0 fully saturated rings. The molecule has 5 heteroatoms. The lowest BCUT2D eigenvalue weighted by Crippen LogP contribution is -2.27. The Morgan fingerprint density at radius 2 is 1.83 bits per heavy atom. The average Bonchev–Trinajstić information content (AvgIpc) is 3.07.